The fraction of sp³-hybridized carbons (Fsp3) is 0.286. The van der Waals surface area contributed by atoms with E-state index < -0.39 is 0 Å². The average molecular weight is 390 g/mol. The third-order valence-corrected chi connectivity index (χ3v) is 5.01. The van der Waals surface area contributed by atoms with Gasteiger partial charge in [-0.3, -0.25) is 19.7 Å². The molecule has 0 bridgehead atoms. The quantitative estimate of drug-likeness (QED) is 0.692. The number of carbonyl (C=O) groups is 2. The van der Waals surface area contributed by atoms with Crippen LogP contribution in [0.3, 0.4) is 0 Å². The molecule has 148 valence electrons. The molecule has 1 aromatic carbocycles. The second kappa shape index (κ2) is 8.22. The number of carbonyl (C=O) groups excluding carboxylic acids is 2. The molecule has 0 unspecified atom stereocenters. The Labute approximate surface area is 168 Å². The summed E-state index contributed by atoms with van der Waals surface area (Å²) < 4.78 is 0. The zero-order chi connectivity index (χ0) is 20.2. The highest BCUT2D eigenvalue weighted by Gasteiger charge is 2.38. The zero-order valence-corrected chi connectivity index (χ0v) is 16.1. The van der Waals surface area contributed by atoms with Gasteiger partial charge < -0.3 is 10.2 Å². The van der Waals surface area contributed by atoms with Crippen molar-refractivity contribution in [3.63, 3.8) is 0 Å². The molecule has 29 heavy (non-hydrogen) atoms. The third kappa shape index (κ3) is 4.31. The van der Waals surface area contributed by atoms with Crippen LogP contribution in [0.1, 0.15) is 40.0 Å². The van der Waals surface area contributed by atoms with Gasteiger partial charge in [0.05, 0.1) is 12.5 Å². The number of aromatic amines is 1. The lowest BCUT2D eigenvalue weighted by Crippen LogP contribution is -2.39. The first-order valence-electron chi connectivity index (χ1n) is 9.53. The van der Waals surface area contributed by atoms with E-state index in [0.717, 1.165) is 5.56 Å². The van der Waals surface area contributed by atoms with Crippen LogP contribution < -0.4 is 5.32 Å². The number of nitrogens with zero attached hydrogens (tertiary/aromatic N) is 4. The number of hydrogen-bond donors (Lipinski definition) is 2. The lowest BCUT2D eigenvalue weighted by atomic mass is 10.1. The molecule has 1 saturated heterocycles. The van der Waals surface area contributed by atoms with Gasteiger partial charge in [-0.1, -0.05) is 18.2 Å². The van der Waals surface area contributed by atoms with Crippen molar-refractivity contribution < 1.29 is 9.59 Å². The molecule has 8 nitrogen and oxygen atoms in total. The Morgan fingerprint density at radius 3 is 2.62 bits per heavy atom. The number of hydrogen-bond acceptors (Lipinski definition) is 5. The molecule has 2 N–H and O–H groups in total. The molecular formula is C21H22N6O2. The van der Waals surface area contributed by atoms with Crippen molar-refractivity contribution in [2.24, 2.45) is 0 Å². The van der Waals surface area contributed by atoms with Gasteiger partial charge >= 0.3 is 0 Å². The molecule has 3 aromatic rings. The normalized spacial score (nSPS) is 18.6. The highest BCUT2D eigenvalue weighted by molar-refractivity contribution is 5.94. The first-order chi connectivity index (χ1) is 14.1. The van der Waals surface area contributed by atoms with Gasteiger partial charge in [-0.2, -0.15) is 5.10 Å². The topological polar surface area (TPSA) is 104 Å². The van der Waals surface area contributed by atoms with E-state index in [-0.39, 0.29) is 30.3 Å². The van der Waals surface area contributed by atoms with Crippen molar-refractivity contribution in [1.82, 2.24) is 30.4 Å². The predicted octanol–water partition coefficient (Wildman–Crippen LogP) is 1.82. The Hall–Kier alpha value is -3.55. The van der Waals surface area contributed by atoms with E-state index in [2.05, 4.69) is 25.5 Å². The average Bonchev–Trinajstić information content (AvgIpc) is 3.35. The minimum absolute atomic E-state index is 0.0277. The molecule has 3 heterocycles. The molecule has 1 aliphatic rings. The Balaban J connectivity index is 1.51. The Kier molecular flexibility index (Phi) is 5.33. The minimum Gasteiger partial charge on any atom is -0.347 e. The van der Waals surface area contributed by atoms with Gasteiger partial charge in [0.15, 0.2) is 5.82 Å². The van der Waals surface area contributed by atoms with Crippen LogP contribution in [0, 0.1) is 6.92 Å². The van der Waals surface area contributed by atoms with Gasteiger partial charge in [-0.15, -0.1) is 0 Å². The molecule has 0 spiro atoms. The Morgan fingerprint density at radius 2 is 1.93 bits per heavy atom. The molecule has 0 saturated carbocycles. The number of amides is 2. The van der Waals surface area contributed by atoms with E-state index >= 15 is 0 Å². The largest absolute Gasteiger partial charge is 0.347 e. The summed E-state index contributed by atoms with van der Waals surface area (Å²) in [6.45, 7) is 2.24. The SMILES string of the molecule is Cc1nc([C@@H]2C[C@H](NC(=O)c3ccccc3)CN2C(=O)Cc2ccncc2)n[nH]1. The molecule has 0 aliphatic carbocycles. The smallest absolute Gasteiger partial charge is 0.251 e. The van der Waals surface area contributed by atoms with Gasteiger partial charge in [-0.05, 0) is 43.2 Å². The van der Waals surface area contributed by atoms with Crippen LogP contribution in [-0.4, -0.2) is 49.5 Å². The summed E-state index contributed by atoms with van der Waals surface area (Å²) in [5.74, 6) is 1.09. The maximum Gasteiger partial charge on any atom is 0.251 e. The number of nitrogens with one attached hydrogen (secondary N) is 2. The Bertz CT molecular complexity index is 989. The first kappa shape index (κ1) is 18.8. The monoisotopic (exact) mass is 390 g/mol. The van der Waals surface area contributed by atoms with Crippen LogP contribution in [0.5, 0.6) is 0 Å². The second-order valence-corrected chi connectivity index (χ2v) is 7.15. The summed E-state index contributed by atoms with van der Waals surface area (Å²) in [6.07, 6.45) is 4.18. The van der Waals surface area contributed by atoms with Crippen LogP contribution in [0.15, 0.2) is 54.9 Å². The molecular weight excluding hydrogens is 368 g/mol. The van der Waals surface area contributed by atoms with Crippen molar-refractivity contribution >= 4 is 11.8 Å². The maximum absolute atomic E-state index is 13.0. The van der Waals surface area contributed by atoms with E-state index in [1.54, 1.807) is 29.4 Å². The Morgan fingerprint density at radius 1 is 1.17 bits per heavy atom. The summed E-state index contributed by atoms with van der Waals surface area (Å²) in [4.78, 5) is 35.8. The van der Waals surface area contributed by atoms with Gasteiger partial charge in [0.25, 0.3) is 5.91 Å². The van der Waals surface area contributed by atoms with Crippen molar-refractivity contribution in [2.75, 3.05) is 6.54 Å². The van der Waals surface area contributed by atoms with E-state index in [0.29, 0.717) is 30.2 Å². The van der Waals surface area contributed by atoms with Gasteiger partial charge in [-0.25, -0.2) is 4.98 Å². The summed E-state index contributed by atoms with van der Waals surface area (Å²) in [6, 6.07) is 12.3. The molecule has 2 amide bonds. The second-order valence-electron chi connectivity index (χ2n) is 7.15. The predicted molar refractivity (Wildman–Crippen MR) is 106 cm³/mol. The standard InChI is InChI=1S/C21H22N6O2/c1-14-23-20(26-25-14)18-12-17(24-21(29)16-5-3-2-4-6-16)13-27(18)19(28)11-15-7-9-22-10-8-15/h2-10,17-18H,11-13H2,1H3,(H,24,29)(H,23,25,26)/t17-,18-/m0/s1. The highest BCUT2D eigenvalue weighted by atomic mass is 16.2. The number of aryl methyl sites for hydroxylation is 1. The lowest BCUT2D eigenvalue weighted by Gasteiger charge is -2.22. The van der Waals surface area contributed by atoms with E-state index in [1.165, 1.54) is 0 Å². The number of benzene rings is 1. The minimum atomic E-state index is -0.282. The molecule has 2 atom stereocenters. The van der Waals surface area contributed by atoms with Gasteiger partial charge in [0.1, 0.15) is 5.82 Å². The van der Waals surface area contributed by atoms with E-state index in [1.807, 2.05) is 37.3 Å². The van der Waals surface area contributed by atoms with Crippen molar-refractivity contribution in [3.8, 4) is 0 Å². The van der Waals surface area contributed by atoms with Crippen molar-refractivity contribution in [2.45, 2.75) is 31.8 Å². The van der Waals surface area contributed by atoms with Gasteiger partial charge in [0, 0.05) is 30.5 Å². The number of pyridine rings is 1. The van der Waals surface area contributed by atoms with Gasteiger partial charge in [0.2, 0.25) is 5.91 Å². The van der Waals surface area contributed by atoms with Crippen LogP contribution in [0.4, 0.5) is 0 Å². The van der Waals surface area contributed by atoms with Crippen molar-refractivity contribution in [1.29, 1.82) is 0 Å². The molecule has 0 radical (unpaired) electrons. The number of aromatic nitrogens is 4. The van der Waals surface area contributed by atoms with Crippen LogP contribution in [0.2, 0.25) is 0 Å². The maximum atomic E-state index is 13.0. The zero-order valence-electron chi connectivity index (χ0n) is 16.1. The molecule has 1 fully saturated rings. The van der Waals surface area contributed by atoms with Crippen LogP contribution >= 0.6 is 0 Å². The van der Waals surface area contributed by atoms with Crippen molar-refractivity contribution in [3.05, 3.63) is 77.6 Å². The molecule has 1 aliphatic heterocycles. The first-order valence-corrected chi connectivity index (χ1v) is 9.53. The number of likely N-dealkylation sites (tertiary alicyclic amines) is 1. The van der Waals surface area contributed by atoms with E-state index in [4.69, 9.17) is 0 Å². The summed E-state index contributed by atoms with van der Waals surface area (Å²) in [5, 5.41) is 10.1. The fourth-order valence-electron chi connectivity index (χ4n) is 3.61. The molecule has 8 heteroatoms. The van der Waals surface area contributed by atoms with Crippen LogP contribution in [-0.2, 0) is 11.2 Å². The fourth-order valence-corrected chi connectivity index (χ4v) is 3.61. The number of H-pyrrole nitrogens is 1. The summed E-state index contributed by atoms with van der Waals surface area (Å²) in [7, 11) is 0. The summed E-state index contributed by atoms with van der Waals surface area (Å²) in [5.41, 5.74) is 1.49. The lowest BCUT2D eigenvalue weighted by molar-refractivity contribution is -0.131. The highest BCUT2D eigenvalue weighted by Crippen LogP contribution is 2.31. The molecule has 4 rings (SSSR count). The summed E-state index contributed by atoms with van der Waals surface area (Å²) >= 11 is 0. The number of rotatable bonds is 5. The van der Waals surface area contributed by atoms with E-state index in [9.17, 15) is 9.59 Å². The molecule has 2 aromatic heterocycles. The van der Waals surface area contributed by atoms with Crippen LogP contribution in [0.25, 0.3) is 0 Å². The third-order valence-electron chi connectivity index (χ3n) is 5.01.